The van der Waals surface area contributed by atoms with Crippen LogP contribution in [0.4, 0.5) is 19.0 Å². The first-order chi connectivity index (χ1) is 20.4. The molecule has 1 aromatic heterocycles. The van der Waals surface area contributed by atoms with Crippen LogP contribution < -0.4 is 9.04 Å². The molecule has 4 aromatic rings. The Morgan fingerprint density at radius 2 is 1.51 bits per heavy atom. The van der Waals surface area contributed by atoms with Crippen molar-refractivity contribution in [1.29, 1.82) is 0 Å². The van der Waals surface area contributed by atoms with Gasteiger partial charge in [0.25, 0.3) is 10.0 Å². The van der Waals surface area contributed by atoms with Crippen LogP contribution in [0.15, 0.2) is 84.3 Å². The normalized spacial score (nSPS) is 11.7. The highest BCUT2D eigenvalue weighted by Crippen LogP contribution is 2.35. The second kappa shape index (κ2) is 12.7. The van der Waals surface area contributed by atoms with Crippen LogP contribution in [0.2, 0.25) is 0 Å². The third kappa shape index (κ3) is 7.08. The topological polar surface area (TPSA) is 95.0 Å². The quantitative estimate of drug-likeness (QED) is 0.132. The summed E-state index contributed by atoms with van der Waals surface area (Å²) in [6, 6.07) is 17.4. The van der Waals surface area contributed by atoms with E-state index in [4.69, 9.17) is 14.5 Å². The molecule has 0 unspecified atom stereocenters. The molecule has 8 nitrogen and oxygen atoms in total. The molecule has 0 amide bonds. The van der Waals surface area contributed by atoms with Crippen molar-refractivity contribution >= 4 is 38.3 Å². The van der Waals surface area contributed by atoms with Gasteiger partial charge in [0, 0.05) is 10.9 Å². The number of fused-ring (bicyclic) bond motifs is 1. The molecule has 0 bridgehead atoms. The summed E-state index contributed by atoms with van der Waals surface area (Å²) in [5.41, 5.74) is 1.40. The number of ether oxygens (including phenoxy) is 3. The smallest absolute Gasteiger partial charge is 0.492 e. The van der Waals surface area contributed by atoms with E-state index in [1.807, 2.05) is 18.2 Å². The molecule has 43 heavy (non-hydrogen) atoms. The number of alkyl halides is 3. The minimum Gasteiger partial charge on any atom is -0.492 e. The van der Waals surface area contributed by atoms with Crippen LogP contribution in [-0.4, -0.2) is 38.9 Å². The van der Waals surface area contributed by atoms with E-state index in [-0.39, 0.29) is 35.2 Å². The lowest BCUT2D eigenvalue weighted by Gasteiger charge is -2.27. The van der Waals surface area contributed by atoms with Gasteiger partial charge in [0.1, 0.15) is 23.0 Å². The number of esters is 1. The maximum atomic E-state index is 14.2. The van der Waals surface area contributed by atoms with Gasteiger partial charge >= 0.3 is 12.3 Å². The van der Waals surface area contributed by atoms with Gasteiger partial charge < -0.3 is 14.2 Å². The third-order valence-electron chi connectivity index (χ3n) is 6.39. The van der Waals surface area contributed by atoms with Crippen molar-refractivity contribution < 1.29 is 40.6 Å². The van der Waals surface area contributed by atoms with Crippen LogP contribution in [0.1, 0.15) is 41.0 Å². The third-order valence-corrected chi connectivity index (χ3v) is 8.14. The first-order valence-electron chi connectivity index (χ1n) is 13.2. The number of rotatable bonds is 11. The zero-order valence-corrected chi connectivity index (χ0v) is 24.5. The van der Waals surface area contributed by atoms with Crippen LogP contribution in [-0.2, 0) is 26.0 Å². The van der Waals surface area contributed by atoms with Gasteiger partial charge in [-0.05, 0) is 68.1 Å². The molecule has 0 radical (unpaired) electrons. The fraction of sp³-hybridized carbons (Fsp3) is 0.226. The zero-order chi connectivity index (χ0) is 31.4. The van der Waals surface area contributed by atoms with E-state index >= 15 is 0 Å². The van der Waals surface area contributed by atoms with E-state index in [1.54, 1.807) is 26.8 Å². The lowest BCUT2D eigenvalue weighted by atomic mass is 10.0. The van der Waals surface area contributed by atoms with Gasteiger partial charge in [-0.1, -0.05) is 43.0 Å². The van der Waals surface area contributed by atoms with Crippen molar-refractivity contribution in [2.75, 3.05) is 17.5 Å². The number of halogens is 3. The predicted octanol–water partition coefficient (Wildman–Crippen LogP) is 7.02. The second-order valence-electron chi connectivity index (χ2n) is 9.26. The molecule has 0 saturated carbocycles. The molecule has 4 rings (SSSR count). The number of pyridine rings is 1. The number of carbonyl (C=O) groups is 1. The number of hydrogen-bond donors (Lipinski definition) is 0. The Bertz CT molecular complexity index is 1740. The maximum absolute atomic E-state index is 14.2. The Labute approximate surface area is 247 Å². The molecule has 12 heteroatoms. The standard InChI is InChI=1S/C31H29F3N2O6S/c1-5-40-21(4)28-27-10-8-7-9-26(27)20(3)29(35-28)36(19-22-11-15-24(16-12-22)42-31(32,33)34)43(38,39)25-17-13-23(14-18-25)30(37)41-6-2/h7-18H,4-6,19H2,1-3H3. The number of benzene rings is 3. The fourth-order valence-electron chi connectivity index (χ4n) is 4.43. The molecule has 0 fully saturated rings. The van der Waals surface area contributed by atoms with Crippen LogP contribution in [0, 0.1) is 6.92 Å². The van der Waals surface area contributed by atoms with Crippen LogP contribution in [0.5, 0.6) is 5.75 Å². The molecule has 0 N–H and O–H groups in total. The molecule has 226 valence electrons. The van der Waals surface area contributed by atoms with E-state index in [0.29, 0.717) is 34.2 Å². The molecular weight excluding hydrogens is 585 g/mol. The number of hydrogen-bond acceptors (Lipinski definition) is 7. The summed E-state index contributed by atoms with van der Waals surface area (Å²) >= 11 is 0. The lowest BCUT2D eigenvalue weighted by molar-refractivity contribution is -0.274. The SMILES string of the molecule is C=C(OCC)c1nc(N(Cc2ccc(OC(F)(F)F)cc2)S(=O)(=O)c2ccc(C(=O)OCC)cc2)c(C)c2ccccc12. The van der Waals surface area contributed by atoms with Crippen LogP contribution in [0.3, 0.4) is 0 Å². The summed E-state index contributed by atoms with van der Waals surface area (Å²) in [5.74, 6) is -0.740. The summed E-state index contributed by atoms with van der Waals surface area (Å²) in [4.78, 5) is 16.7. The Morgan fingerprint density at radius 1 is 0.907 bits per heavy atom. The first kappa shape index (κ1) is 31.4. The highest BCUT2D eigenvalue weighted by Gasteiger charge is 2.32. The minimum absolute atomic E-state index is 0.0691. The Morgan fingerprint density at radius 3 is 2.09 bits per heavy atom. The van der Waals surface area contributed by atoms with Gasteiger partial charge in [-0.2, -0.15) is 0 Å². The van der Waals surface area contributed by atoms with E-state index in [9.17, 15) is 26.4 Å². The molecule has 0 atom stereocenters. The largest absolute Gasteiger partial charge is 0.573 e. The van der Waals surface area contributed by atoms with E-state index in [1.165, 1.54) is 36.4 Å². The summed E-state index contributed by atoms with van der Waals surface area (Å²) < 4.78 is 82.2. The molecule has 0 spiro atoms. The fourth-order valence-corrected chi connectivity index (χ4v) is 5.88. The van der Waals surface area contributed by atoms with Crippen LogP contribution >= 0.6 is 0 Å². The van der Waals surface area contributed by atoms with Crippen molar-refractivity contribution in [2.45, 2.75) is 38.6 Å². The lowest BCUT2D eigenvalue weighted by Crippen LogP contribution is -2.32. The highest BCUT2D eigenvalue weighted by atomic mass is 32.2. The molecule has 1 heterocycles. The molecule has 3 aromatic carbocycles. The Hall–Kier alpha value is -4.58. The van der Waals surface area contributed by atoms with E-state index in [2.05, 4.69) is 11.3 Å². The summed E-state index contributed by atoms with van der Waals surface area (Å²) in [6.07, 6.45) is -4.88. The van der Waals surface area contributed by atoms with Crippen molar-refractivity contribution in [1.82, 2.24) is 4.98 Å². The number of anilines is 1. The number of aryl methyl sites for hydroxylation is 1. The summed E-state index contributed by atoms with van der Waals surface area (Å²) in [5, 5.41) is 1.40. The second-order valence-corrected chi connectivity index (χ2v) is 11.1. The van der Waals surface area contributed by atoms with Crippen LogP contribution in [0.25, 0.3) is 16.5 Å². The van der Waals surface area contributed by atoms with E-state index < -0.39 is 28.1 Å². The minimum atomic E-state index is -4.88. The van der Waals surface area contributed by atoms with Gasteiger partial charge in [-0.3, -0.25) is 0 Å². The Balaban J connectivity index is 1.88. The number of sulfonamides is 1. The highest BCUT2D eigenvalue weighted by molar-refractivity contribution is 7.92. The molecule has 0 aliphatic rings. The van der Waals surface area contributed by atoms with Crippen molar-refractivity contribution in [3.8, 4) is 5.75 Å². The van der Waals surface area contributed by atoms with Crippen molar-refractivity contribution in [3.05, 3.63) is 102 Å². The monoisotopic (exact) mass is 614 g/mol. The van der Waals surface area contributed by atoms with E-state index in [0.717, 1.165) is 16.4 Å². The summed E-state index contributed by atoms with van der Waals surface area (Å²) in [6.45, 7) is 9.31. The number of carbonyl (C=O) groups excluding carboxylic acids is 1. The van der Waals surface area contributed by atoms with Gasteiger partial charge in [0.2, 0.25) is 0 Å². The number of nitrogens with zero attached hydrogens (tertiary/aromatic N) is 2. The van der Waals surface area contributed by atoms with Crippen molar-refractivity contribution in [2.24, 2.45) is 0 Å². The van der Waals surface area contributed by atoms with Gasteiger partial charge in [-0.25, -0.2) is 22.5 Å². The van der Waals surface area contributed by atoms with Gasteiger partial charge in [0.15, 0.2) is 0 Å². The Kier molecular flexibility index (Phi) is 9.29. The molecular formula is C31H29F3N2O6S. The average molecular weight is 615 g/mol. The van der Waals surface area contributed by atoms with Crippen molar-refractivity contribution in [3.63, 3.8) is 0 Å². The predicted molar refractivity (Wildman–Crippen MR) is 156 cm³/mol. The zero-order valence-electron chi connectivity index (χ0n) is 23.6. The van der Waals surface area contributed by atoms with Gasteiger partial charge in [-0.15, -0.1) is 13.2 Å². The number of aromatic nitrogens is 1. The first-order valence-corrected chi connectivity index (χ1v) is 14.7. The average Bonchev–Trinajstić information content (AvgIpc) is 2.97. The molecule has 0 saturated heterocycles. The molecule has 0 aliphatic heterocycles. The summed E-state index contributed by atoms with van der Waals surface area (Å²) in [7, 11) is -4.35. The van der Waals surface area contributed by atoms with Gasteiger partial charge in [0.05, 0.1) is 30.2 Å². The molecule has 0 aliphatic carbocycles. The maximum Gasteiger partial charge on any atom is 0.573 e.